The summed E-state index contributed by atoms with van der Waals surface area (Å²) in [5.74, 6) is -0.131. The highest BCUT2D eigenvalue weighted by Gasteiger charge is 2.43. The number of nitrogens with zero attached hydrogens (tertiary/aromatic N) is 3. The first-order chi connectivity index (χ1) is 21.0. The molecule has 1 amide bonds. The fourth-order valence-corrected chi connectivity index (χ4v) is 4.96. The number of hydrogen-bond acceptors (Lipinski definition) is 5. The molecule has 0 bridgehead atoms. The molecule has 0 radical (unpaired) electrons. The van der Waals surface area contributed by atoms with E-state index in [1.54, 1.807) is 61.7 Å². The summed E-state index contributed by atoms with van der Waals surface area (Å²) in [6.07, 6.45) is -3.25. The van der Waals surface area contributed by atoms with Crippen molar-refractivity contribution in [2.24, 2.45) is 10.7 Å². The Labute approximate surface area is 262 Å². The first-order valence-electron chi connectivity index (χ1n) is 13.6. The van der Waals surface area contributed by atoms with Gasteiger partial charge >= 0.3 is 12.3 Å². The lowest BCUT2D eigenvalue weighted by atomic mass is 9.94. The van der Waals surface area contributed by atoms with Gasteiger partial charge in [-0.25, -0.2) is 4.79 Å². The molecule has 4 aromatic rings. The van der Waals surface area contributed by atoms with Crippen molar-refractivity contribution in [1.29, 1.82) is 0 Å². The number of ether oxygens (including phenoxy) is 1. The molecule has 2 unspecified atom stereocenters. The third-order valence-electron chi connectivity index (χ3n) is 6.67. The van der Waals surface area contributed by atoms with Crippen molar-refractivity contribution in [3.05, 3.63) is 129 Å². The zero-order chi connectivity index (χ0) is 31.9. The largest absolute Gasteiger partial charge is 0.493 e. The van der Waals surface area contributed by atoms with Gasteiger partial charge in [0.25, 0.3) is 0 Å². The molecule has 3 N–H and O–H groups in total. The topological polar surface area (TPSA) is 101 Å². The molecular formula is C32H29Cl2F3N4O3. The van der Waals surface area contributed by atoms with Gasteiger partial charge in [0.15, 0.2) is 0 Å². The number of aliphatic imine (C=N–C) groups is 1. The maximum atomic E-state index is 13.3. The van der Waals surface area contributed by atoms with Crippen LogP contribution in [0, 0.1) is 0 Å². The molecule has 0 fully saturated rings. The summed E-state index contributed by atoms with van der Waals surface area (Å²) in [7, 11) is 0. The molecule has 1 aliphatic heterocycles. The van der Waals surface area contributed by atoms with Crippen LogP contribution in [-0.2, 0) is 12.6 Å². The first-order valence-corrected chi connectivity index (χ1v) is 14.3. The van der Waals surface area contributed by atoms with Gasteiger partial charge in [0.1, 0.15) is 17.6 Å². The van der Waals surface area contributed by atoms with Crippen molar-refractivity contribution < 1.29 is 27.8 Å². The fraction of sp³-hybridized carbons (Fsp3) is 0.219. The van der Waals surface area contributed by atoms with E-state index in [-0.39, 0.29) is 23.8 Å². The normalized spacial score (nSPS) is 16.2. The Hall–Kier alpha value is -4.12. The van der Waals surface area contributed by atoms with Crippen molar-refractivity contribution in [1.82, 2.24) is 9.88 Å². The summed E-state index contributed by atoms with van der Waals surface area (Å²) in [5, 5.41) is 11.2. The van der Waals surface area contributed by atoms with E-state index in [2.05, 4.69) is 4.98 Å². The number of rotatable bonds is 7. The molecule has 12 heteroatoms. The molecule has 1 aliphatic rings. The Morgan fingerprint density at radius 3 is 2.14 bits per heavy atom. The molecule has 2 atom stereocenters. The lowest BCUT2D eigenvalue weighted by Gasteiger charge is -2.27. The van der Waals surface area contributed by atoms with Crippen LogP contribution in [0.3, 0.4) is 0 Å². The first kappa shape index (κ1) is 32.8. The Bertz CT molecular complexity index is 1590. The molecular weight excluding hydrogens is 616 g/mol. The summed E-state index contributed by atoms with van der Waals surface area (Å²) in [5.41, 5.74) is 6.91. The number of alkyl halides is 3. The molecule has 44 heavy (non-hydrogen) atoms. The second kappa shape index (κ2) is 14.6. The molecule has 7 nitrogen and oxygen atoms in total. The van der Waals surface area contributed by atoms with Crippen LogP contribution in [-0.4, -0.2) is 40.1 Å². The number of halogens is 5. The van der Waals surface area contributed by atoms with Crippen LogP contribution in [0.2, 0.25) is 10.0 Å². The van der Waals surface area contributed by atoms with E-state index in [0.717, 1.165) is 29.1 Å². The second-order valence-corrected chi connectivity index (χ2v) is 10.5. The quantitative estimate of drug-likeness (QED) is 0.211. The van der Waals surface area contributed by atoms with Gasteiger partial charge in [-0.1, -0.05) is 53.5 Å². The third-order valence-corrected chi connectivity index (χ3v) is 7.18. The maximum Gasteiger partial charge on any atom is 0.416 e. The highest BCUT2D eigenvalue weighted by Crippen LogP contribution is 2.45. The molecule has 0 saturated heterocycles. The van der Waals surface area contributed by atoms with Crippen molar-refractivity contribution in [3.8, 4) is 5.75 Å². The van der Waals surface area contributed by atoms with Crippen molar-refractivity contribution >= 4 is 35.1 Å². The van der Waals surface area contributed by atoms with Crippen LogP contribution in [0.25, 0.3) is 0 Å². The zero-order valence-electron chi connectivity index (χ0n) is 23.5. The van der Waals surface area contributed by atoms with Crippen LogP contribution in [0.1, 0.15) is 47.0 Å². The van der Waals surface area contributed by atoms with Crippen LogP contribution in [0.4, 0.5) is 18.0 Å². The molecule has 0 saturated carbocycles. The van der Waals surface area contributed by atoms with E-state index in [4.69, 9.17) is 38.7 Å². The number of carboxylic acid groups (broad SMARTS) is 1. The van der Waals surface area contributed by atoms with Crippen LogP contribution in [0.5, 0.6) is 5.75 Å². The minimum Gasteiger partial charge on any atom is -0.493 e. The molecule has 1 aromatic heterocycles. The monoisotopic (exact) mass is 644 g/mol. The van der Waals surface area contributed by atoms with E-state index in [9.17, 15) is 23.1 Å². The fourth-order valence-electron chi connectivity index (χ4n) is 4.71. The van der Waals surface area contributed by atoms with Crippen molar-refractivity contribution in [2.75, 3.05) is 13.2 Å². The highest BCUT2D eigenvalue weighted by atomic mass is 35.5. The van der Waals surface area contributed by atoms with Gasteiger partial charge in [0.05, 0.1) is 23.8 Å². The average Bonchev–Trinajstić information content (AvgIpc) is 3.39. The number of carbonyl (C=O) groups is 1. The summed E-state index contributed by atoms with van der Waals surface area (Å²) in [6, 6.07) is 20.7. The van der Waals surface area contributed by atoms with E-state index in [1.807, 2.05) is 18.2 Å². The highest BCUT2D eigenvalue weighted by molar-refractivity contribution is 6.30. The average molecular weight is 646 g/mol. The molecule has 0 spiro atoms. The number of nitrogens with two attached hydrogens (primary N) is 1. The number of amides is 1. The second-order valence-electron chi connectivity index (χ2n) is 9.60. The molecule has 2 heterocycles. The molecule has 5 rings (SSSR count). The summed E-state index contributed by atoms with van der Waals surface area (Å²) in [4.78, 5) is 22.4. The Balaban J connectivity index is 0.000000421. The molecule has 0 aliphatic carbocycles. The number of hydrogen-bond donors (Lipinski definition) is 2. The van der Waals surface area contributed by atoms with E-state index in [0.29, 0.717) is 27.7 Å². The predicted molar refractivity (Wildman–Crippen MR) is 164 cm³/mol. The predicted octanol–water partition coefficient (Wildman–Crippen LogP) is 8.22. The Morgan fingerprint density at radius 1 is 0.977 bits per heavy atom. The van der Waals surface area contributed by atoms with Crippen LogP contribution >= 0.6 is 23.2 Å². The number of pyridine rings is 1. The van der Waals surface area contributed by atoms with Crippen LogP contribution < -0.4 is 10.5 Å². The van der Waals surface area contributed by atoms with Gasteiger partial charge in [-0.3, -0.25) is 14.9 Å². The standard InChI is InChI=1S/C25H19Cl2F3N2O3.C7H10N2/c1-2-35-20-13-16(25(28,29)30)7-12-19(20)23-31-21(14-3-8-17(26)9-4-14)22(32(23)24(33)34)15-5-10-18(27)11-6-15;8-5-4-7-3-1-2-6-9-7/h3-13,21-22H,2H2,1H3,(H,33,34);1-3,6H,4-5,8H2. The summed E-state index contributed by atoms with van der Waals surface area (Å²) >= 11 is 12.1. The van der Waals surface area contributed by atoms with Crippen molar-refractivity contribution in [2.45, 2.75) is 31.6 Å². The van der Waals surface area contributed by atoms with Crippen molar-refractivity contribution in [3.63, 3.8) is 0 Å². The smallest absolute Gasteiger partial charge is 0.416 e. The minimum absolute atomic E-state index is 0.0189. The van der Waals surface area contributed by atoms with Gasteiger partial charge in [-0.2, -0.15) is 13.2 Å². The maximum absolute atomic E-state index is 13.3. The number of aromatic nitrogens is 1. The van der Waals surface area contributed by atoms with Gasteiger partial charge in [0.2, 0.25) is 0 Å². The van der Waals surface area contributed by atoms with E-state index < -0.39 is 29.9 Å². The number of amidine groups is 1. The van der Waals surface area contributed by atoms with Crippen LogP contribution in [0.15, 0.2) is 96.1 Å². The third kappa shape index (κ3) is 7.88. The minimum atomic E-state index is -4.59. The van der Waals surface area contributed by atoms with Gasteiger partial charge < -0.3 is 15.6 Å². The SMILES string of the molecule is CCOc1cc(C(F)(F)F)ccc1C1=NC(c2ccc(Cl)cc2)C(c2ccc(Cl)cc2)N1C(=O)O.NCCc1ccccn1. The molecule has 3 aromatic carbocycles. The van der Waals surface area contributed by atoms with Gasteiger partial charge in [0, 0.05) is 28.4 Å². The molecule has 230 valence electrons. The van der Waals surface area contributed by atoms with Gasteiger partial charge in [-0.15, -0.1) is 0 Å². The lowest BCUT2D eigenvalue weighted by molar-refractivity contribution is -0.137. The van der Waals surface area contributed by atoms with Gasteiger partial charge in [-0.05, 0) is 79.2 Å². The zero-order valence-corrected chi connectivity index (χ0v) is 25.0. The summed E-state index contributed by atoms with van der Waals surface area (Å²) < 4.78 is 45.5. The summed E-state index contributed by atoms with van der Waals surface area (Å²) in [6.45, 7) is 2.38. The Kier molecular flexibility index (Phi) is 10.9. The van der Waals surface area contributed by atoms with E-state index in [1.165, 1.54) is 6.07 Å². The number of benzene rings is 3. The lowest BCUT2D eigenvalue weighted by Crippen LogP contribution is -2.37. The van der Waals surface area contributed by atoms with E-state index >= 15 is 0 Å². The Morgan fingerprint density at radius 2 is 1.61 bits per heavy atom.